The van der Waals surface area contributed by atoms with Gasteiger partial charge in [0.2, 0.25) is 0 Å². The Bertz CT molecular complexity index is 1360. The number of nitrogens with zero attached hydrogens (tertiary/aromatic N) is 1. The predicted octanol–water partition coefficient (Wildman–Crippen LogP) is 5.69. The Kier molecular flexibility index (Phi) is 5.66. The van der Waals surface area contributed by atoms with Crippen molar-refractivity contribution in [2.45, 2.75) is 4.90 Å². The SMILES string of the molecule is O=C(O)CN(c1ccc2cc(-c3ccco3)ccc2c1)S(=O)(=O)c1cc(Cl)cc(Cl)c1. The first kappa shape index (κ1) is 21.2. The van der Waals surface area contributed by atoms with Gasteiger partial charge in [-0.25, -0.2) is 8.42 Å². The number of benzene rings is 3. The van der Waals surface area contributed by atoms with Crippen LogP contribution in [0.5, 0.6) is 0 Å². The van der Waals surface area contributed by atoms with Crippen LogP contribution >= 0.6 is 23.2 Å². The third-order valence-electron chi connectivity index (χ3n) is 4.62. The van der Waals surface area contributed by atoms with Crippen LogP contribution in [0.2, 0.25) is 10.0 Å². The maximum Gasteiger partial charge on any atom is 0.324 e. The first-order valence-corrected chi connectivity index (χ1v) is 11.2. The first-order valence-electron chi connectivity index (χ1n) is 9.02. The number of fused-ring (bicyclic) bond motifs is 1. The lowest BCUT2D eigenvalue weighted by Gasteiger charge is -2.23. The van der Waals surface area contributed by atoms with E-state index in [4.69, 9.17) is 27.6 Å². The minimum Gasteiger partial charge on any atom is -0.480 e. The lowest BCUT2D eigenvalue weighted by atomic mass is 10.0. The molecule has 0 fully saturated rings. The number of sulfonamides is 1. The second-order valence-corrected chi connectivity index (χ2v) is 9.47. The molecule has 0 aliphatic rings. The summed E-state index contributed by atoms with van der Waals surface area (Å²) in [6.45, 7) is -0.761. The molecule has 0 unspecified atom stereocenters. The summed E-state index contributed by atoms with van der Waals surface area (Å²) in [5, 5.41) is 11.2. The lowest BCUT2D eigenvalue weighted by molar-refractivity contribution is -0.135. The maximum atomic E-state index is 13.3. The molecule has 0 bridgehead atoms. The van der Waals surface area contributed by atoms with E-state index in [0.717, 1.165) is 20.6 Å². The van der Waals surface area contributed by atoms with Gasteiger partial charge in [-0.15, -0.1) is 0 Å². The highest BCUT2D eigenvalue weighted by Gasteiger charge is 2.28. The zero-order valence-corrected chi connectivity index (χ0v) is 18.2. The number of hydrogen-bond acceptors (Lipinski definition) is 4. The largest absolute Gasteiger partial charge is 0.480 e. The van der Waals surface area contributed by atoms with Gasteiger partial charge in [0.15, 0.2) is 0 Å². The molecular weight excluding hydrogens is 461 g/mol. The Labute approximate surface area is 188 Å². The highest BCUT2D eigenvalue weighted by molar-refractivity contribution is 7.92. The number of carboxylic acids is 1. The van der Waals surface area contributed by atoms with E-state index < -0.39 is 22.5 Å². The number of halogens is 2. The number of aliphatic carboxylic acids is 1. The van der Waals surface area contributed by atoms with Gasteiger partial charge in [0.1, 0.15) is 12.3 Å². The number of furan rings is 1. The Morgan fingerprint density at radius 3 is 2.26 bits per heavy atom. The molecule has 0 spiro atoms. The molecule has 0 saturated carbocycles. The fourth-order valence-corrected chi connectivity index (χ4v) is 5.36. The fraction of sp³-hybridized carbons (Fsp3) is 0.0455. The number of hydrogen-bond donors (Lipinski definition) is 1. The molecule has 4 aromatic rings. The van der Waals surface area contributed by atoms with E-state index in [2.05, 4.69) is 0 Å². The van der Waals surface area contributed by atoms with Crippen LogP contribution in [-0.2, 0) is 14.8 Å². The van der Waals surface area contributed by atoms with Crippen LogP contribution in [0, 0.1) is 0 Å². The molecule has 9 heteroatoms. The standard InChI is InChI=1S/C22H15Cl2NO5S/c23-17-10-18(24)12-20(11-17)31(28,29)25(13-22(26)27)19-6-5-14-8-16(4-3-15(14)9-19)21-2-1-7-30-21/h1-12H,13H2,(H,26,27). The number of carboxylic acid groups (broad SMARTS) is 1. The molecule has 0 saturated heterocycles. The molecule has 1 heterocycles. The van der Waals surface area contributed by atoms with E-state index >= 15 is 0 Å². The molecule has 6 nitrogen and oxygen atoms in total. The van der Waals surface area contributed by atoms with Crippen molar-refractivity contribution in [1.29, 1.82) is 0 Å². The van der Waals surface area contributed by atoms with Crippen LogP contribution in [-0.4, -0.2) is 26.0 Å². The van der Waals surface area contributed by atoms with Gasteiger partial charge in [-0.3, -0.25) is 9.10 Å². The number of rotatable bonds is 6. The van der Waals surface area contributed by atoms with Crippen molar-refractivity contribution in [3.8, 4) is 11.3 Å². The van der Waals surface area contributed by atoms with Gasteiger partial charge in [0, 0.05) is 15.6 Å². The van der Waals surface area contributed by atoms with Gasteiger partial charge in [-0.2, -0.15) is 0 Å². The maximum absolute atomic E-state index is 13.3. The van der Waals surface area contributed by atoms with Crippen molar-refractivity contribution in [2.75, 3.05) is 10.8 Å². The highest BCUT2D eigenvalue weighted by Crippen LogP contribution is 2.31. The molecule has 0 radical (unpaired) electrons. The minimum absolute atomic E-state index is 0.130. The van der Waals surface area contributed by atoms with E-state index in [9.17, 15) is 18.3 Å². The topological polar surface area (TPSA) is 87.8 Å². The summed E-state index contributed by atoms with van der Waals surface area (Å²) < 4.78 is 32.7. The molecule has 1 N–H and O–H groups in total. The van der Waals surface area contributed by atoms with Gasteiger partial charge in [-0.05, 0) is 59.3 Å². The van der Waals surface area contributed by atoms with E-state index in [-0.39, 0.29) is 20.6 Å². The van der Waals surface area contributed by atoms with Crippen molar-refractivity contribution in [2.24, 2.45) is 0 Å². The Morgan fingerprint density at radius 2 is 1.61 bits per heavy atom. The van der Waals surface area contributed by atoms with Gasteiger partial charge >= 0.3 is 5.97 Å². The van der Waals surface area contributed by atoms with Crippen LogP contribution < -0.4 is 4.31 Å². The Balaban J connectivity index is 1.80. The quantitative estimate of drug-likeness (QED) is 0.387. The smallest absolute Gasteiger partial charge is 0.324 e. The second-order valence-electron chi connectivity index (χ2n) is 6.73. The molecular formula is C22H15Cl2NO5S. The molecule has 0 amide bonds. The van der Waals surface area contributed by atoms with Crippen molar-refractivity contribution in [3.05, 3.63) is 83.0 Å². The van der Waals surface area contributed by atoms with Crippen LogP contribution in [0.3, 0.4) is 0 Å². The van der Waals surface area contributed by atoms with Crippen LogP contribution in [0.4, 0.5) is 5.69 Å². The van der Waals surface area contributed by atoms with Gasteiger partial charge in [0.05, 0.1) is 16.8 Å². The van der Waals surface area contributed by atoms with Crippen LogP contribution in [0.1, 0.15) is 0 Å². The van der Waals surface area contributed by atoms with Crippen molar-refractivity contribution >= 4 is 55.7 Å². The average Bonchev–Trinajstić information content (AvgIpc) is 3.25. The summed E-state index contributed by atoms with van der Waals surface area (Å²) in [5.74, 6) is -0.594. The molecule has 1 aromatic heterocycles. The summed E-state index contributed by atoms with van der Waals surface area (Å²) in [5.41, 5.74) is 1.07. The van der Waals surface area contributed by atoms with Crippen molar-refractivity contribution in [1.82, 2.24) is 0 Å². The molecule has 3 aromatic carbocycles. The minimum atomic E-state index is -4.24. The van der Waals surface area contributed by atoms with Gasteiger partial charge in [0.25, 0.3) is 10.0 Å². The summed E-state index contributed by atoms with van der Waals surface area (Å²) >= 11 is 11.9. The van der Waals surface area contributed by atoms with Crippen LogP contribution in [0.15, 0.2) is 82.3 Å². The average molecular weight is 476 g/mol. The second kappa shape index (κ2) is 8.26. The molecule has 0 atom stereocenters. The summed E-state index contributed by atoms with van der Waals surface area (Å²) in [7, 11) is -4.24. The van der Waals surface area contributed by atoms with Crippen molar-refractivity contribution < 1.29 is 22.7 Å². The lowest BCUT2D eigenvalue weighted by Crippen LogP contribution is -2.35. The third-order valence-corrected chi connectivity index (χ3v) is 6.81. The Morgan fingerprint density at radius 1 is 0.935 bits per heavy atom. The summed E-state index contributed by atoms with van der Waals surface area (Å²) in [6, 6.07) is 18.0. The van der Waals surface area contributed by atoms with E-state index in [0.29, 0.717) is 5.76 Å². The normalized spacial score (nSPS) is 11.5. The zero-order chi connectivity index (χ0) is 22.2. The summed E-state index contributed by atoms with van der Waals surface area (Å²) in [6.07, 6.45) is 1.58. The summed E-state index contributed by atoms with van der Waals surface area (Å²) in [4.78, 5) is 11.3. The number of carbonyl (C=O) groups is 1. The fourth-order valence-electron chi connectivity index (χ4n) is 3.23. The monoisotopic (exact) mass is 475 g/mol. The molecule has 4 rings (SSSR count). The number of anilines is 1. The molecule has 0 aliphatic heterocycles. The zero-order valence-electron chi connectivity index (χ0n) is 15.8. The van der Waals surface area contributed by atoms with Gasteiger partial charge in [-0.1, -0.05) is 41.4 Å². The Hall–Kier alpha value is -3.00. The van der Waals surface area contributed by atoms with Crippen LogP contribution in [0.25, 0.3) is 22.1 Å². The third kappa shape index (κ3) is 4.39. The van der Waals surface area contributed by atoms with E-state index in [1.54, 1.807) is 30.5 Å². The highest BCUT2D eigenvalue weighted by atomic mass is 35.5. The molecule has 31 heavy (non-hydrogen) atoms. The first-order chi connectivity index (χ1) is 14.7. The van der Waals surface area contributed by atoms with E-state index in [1.807, 2.05) is 24.3 Å². The molecule has 158 valence electrons. The van der Waals surface area contributed by atoms with E-state index in [1.165, 1.54) is 18.2 Å². The molecule has 0 aliphatic carbocycles. The van der Waals surface area contributed by atoms with Gasteiger partial charge < -0.3 is 9.52 Å². The van der Waals surface area contributed by atoms with Crippen molar-refractivity contribution in [3.63, 3.8) is 0 Å². The predicted molar refractivity (Wildman–Crippen MR) is 120 cm³/mol.